The molecule has 2 saturated heterocycles. The summed E-state index contributed by atoms with van der Waals surface area (Å²) in [6.45, 7) is 0.981. The van der Waals surface area contributed by atoms with Crippen LogP contribution in [0.4, 0.5) is 9.18 Å². The monoisotopic (exact) mass is 411 g/mol. The summed E-state index contributed by atoms with van der Waals surface area (Å²) >= 11 is 3.23. The van der Waals surface area contributed by atoms with E-state index in [1.54, 1.807) is 4.90 Å². The highest BCUT2D eigenvalue weighted by molar-refractivity contribution is 9.10. The molecule has 1 atom stereocenters. The number of urea groups is 1. The second-order valence-corrected chi connectivity index (χ2v) is 7.18. The van der Waals surface area contributed by atoms with Gasteiger partial charge in [-0.05, 0) is 31.0 Å². The molecule has 1 unspecified atom stereocenters. The van der Waals surface area contributed by atoms with Gasteiger partial charge in [-0.1, -0.05) is 28.8 Å². The maximum atomic E-state index is 14.0. The minimum Gasteiger partial charge on any atom is -0.341 e. The summed E-state index contributed by atoms with van der Waals surface area (Å²) in [6, 6.07) is 2.42. The summed E-state index contributed by atoms with van der Waals surface area (Å²) in [6.07, 6.45) is 4.02. The van der Waals surface area contributed by atoms with Crippen molar-refractivity contribution in [1.82, 2.24) is 15.1 Å². The van der Waals surface area contributed by atoms with Crippen molar-refractivity contribution < 1.29 is 18.8 Å². The minimum absolute atomic E-state index is 0.0810. The Bertz CT molecular complexity index is 704. The van der Waals surface area contributed by atoms with Crippen molar-refractivity contribution in [2.24, 2.45) is 0 Å². The number of nitrogens with zero attached hydrogens (tertiary/aromatic N) is 2. The van der Waals surface area contributed by atoms with Crippen LogP contribution in [0.3, 0.4) is 0 Å². The molecule has 2 aliphatic heterocycles. The number of halogens is 2. The number of carbonyl (C=O) groups is 3. The largest absolute Gasteiger partial charge is 0.341 e. The van der Waals surface area contributed by atoms with Gasteiger partial charge in [0.25, 0.3) is 5.91 Å². The Hall–Kier alpha value is -1.96. The minimum atomic E-state index is -1.11. The Morgan fingerprint density at radius 1 is 1.20 bits per heavy atom. The van der Waals surface area contributed by atoms with E-state index in [1.165, 1.54) is 18.2 Å². The molecule has 8 heteroatoms. The van der Waals surface area contributed by atoms with Crippen LogP contribution in [0.5, 0.6) is 0 Å². The highest BCUT2D eigenvalue weighted by atomic mass is 79.9. The Balaban J connectivity index is 1.73. The first-order valence-electron chi connectivity index (χ1n) is 8.32. The van der Waals surface area contributed by atoms with E-state index in [2.05, 4.69) is 21.2 Å². The summed E-state index contributed by atoms with van der Waals surface area (Å²) in [5.41, 5.74) is 0.0810. The molecule has 1 N–H and O–H groups in total. The Kier molecular flexibility index (Phi) is 5.36. The molecule has 134 valence electrons. The van der Waals surface area contributed by atoms with Gasteiger partial charge in [-0.3, -0.25) is 14.5 Å². The average Bonchev–Trinajstić information content (AvgIpc) is 2.79. The van der Waals surface area contributed by atoms with Gasteiger partial charge in [0, 0.05) is 23.1 Å². The second kappa shape index (κ2) is 7.51. The molecule has 0 aromatic heterocycles. The van der Waals surface area contributed by atoms with Gasteiger partial charge in [0.2, 0.25) is 5.91 Å². The SMILES string of the molecule is O=C(CN1C(=O)NC(c2cc(Br)ccc2F)C1=O)N1CCCCCC1. The average molecular weight is 412 g/mol. The van der Waals surface area contributed by atoms with Crippen molar-refractivity contribution in [3.63, 3.8) is 0 Å². The maximum Gasteiger partial charge on any atom is 0.325 e. The first kappa shape index (κ1) is 17.8. The topological polar surface area (TPSA) is 69.7 Å². The molecule has 0 spiro atoms. The van der Waals surface area contributed by atoms with E-state index >= 15 is 0 Å². The molecule has 1 aromatic rings. The van der Waals surface area contributed by atoms with Gasteiger partial charge in [0.1, 0.15) is 18.4 Å². The molecule has 0 aliphatic carbocycles. The number of carbonyl (C=O) groups excluding carboxylic acids is 3. The number of hydrogen-bond donors (Lipinski definition) is 1. The number of imide groups is 1. The fourth-order valence-electron chi connectivity index (χ4n) is 3.17. The standard InChI is InChI=1S/C17H19BrFN3O3/c18-11-5-6-13(19)12(9-11)15-16(24)22(17(25)20-15)10-14(23)21-7-3-1-2-4-8-21/h5-6,9,15H,1-4,7-8,10H2,(H,20,25). The fraction of sp³-hybridized carbons (Fsp3) is 0.471. The van der Waals surface area contributed by atoms with Crippen LogP contribution in [0.2, 0.25) is 0 Å². The van der Waals surface area contributed by atoms with Crippen LogP contribution in [0.25, 0.3) is 0 Å². The molecule has 25 heavy (non-hydrogen) atoms. The van der Waals surface area contributed by atoms with Crippen molar-refractivity contribution in [3.05, 3.63) is 34.1 Å². The highest BCUT2D eigenvalue weighted by Gasteiger charge is 2.41. The van der Waals surface area contributed by atoms with Crippen LogP contribution in [-0.4, -0.2) is 47.3 Å². The van der Waals surface area contributed by atoms with Crippen LogP contribution >= 0.6 is 15.9 Å². The molecule has 2 aliphatic rings. The molecule has 0 radical (unpaired) electrons. The van der Waals surface area contributed by atoms with E-state index in [-0.39, 0.29) is 18.0 Å². The third-order valence-electron chi connectivity index (χ3n) is 4.55. The normalized spacial score (nSPS) is 21.3. The zero-order chi connectivity index (χ0) is 18.0. The second-order valence-electron chi connectivity index (χ2n) is 6.27. The molecular weight excluding hydrogens is 393 g/mol. The summed E-state index contributed by atoms with van der Waals surface area (Å²) < 4.78 is 14.6. The zero-order valence-electron chi connectivity index (χ0n) is 13.6. The van der Waals surface area contributed by atoms with Gasteiger partial charge < -0.3 is 10.2 Å². The van der Waals surface area contributed by atoms with Gasteiger partial charge >= 0.3 is 6.03 Å². The summed E-state index contributed by atoms with van der Waals surface area (Å²) in [4.78, 5) is 39.7. The van der Waals surface area contributed by atoms with Gasteiger partial charge in [-0.15, -0.1) is 0 Å². The smallest absolute Gasteiger partial charge is 0.325 e. The lowest BCUT2D eigenvalue weighted by atomic mass is 10.1. The molecule has 0 saturated carbocycles. The predicted molar refractivity (Wildman–Crippen MR) is 92.1 cm³/mol. The zero-order valence-corrected chi connectivity index (χ0v) is 15.2. The van der Waals surface area contributed by atoms with Crippen molar-refractivity contribution in [3.8, 4) is 0 Å². The Morgan fingerprint density at radius 3 is 2.56 bits per heavy atom. The lowest BCUT2D eigenvalue weighted by molar-refractivity contribution is -0.137. The third kappa shape index (κ3) is 3.84. The van der Waals surface area contributed by atoms with Gasteiger partial charge in [-0.2, -0.15) is 0 Å². The molecule has 0 bridgehead atoms. The van der Waals surface area contributed by atoms with Gasteiger partial charge in [-0.25, -0.2) is 9.18 Å². The number of amides is 4. The fourth-order valence-corrected chi connectivity index (χ4v) is 3.55. The maximum absolute atomic E-state index is 14.0. The molecule has 2 heterocycles. The van der Waals surface area contributed by atoms with Crippen molar-refractivity contribution in [2.75, 3.05) is 19.6 Å². The van der Waals surface area contributed by atoms with E-state index in [1.807, 2.05) is 0 Å². The van der Waals surface area contributed by atoms with E-state index in [4.69, 9.17) is 0 Å². The molecular formula is C17H19BrFN3O3. The van der Waals surface area contributed by atoms with Crippen molar-refractivity contribution in [2.45, 2.75) is 31.7 Å². The molecule has 3 rings (SSSR count). The summed E-state index contributed by atoms with van der Waals surface area (Å²) in [5, 5.41) is 2.46. The first-order chi connectivity index (χ1) is 12.0. The number of benzene rings is 1. The van der Waals surface area contributed by atoms with Crippen molar-refractivity contribution in [1.29, 1.82) is 0 Å². The quantitative estimate of drug-likeness (QED) is 0.777. The summed E-state index contributed by atoms with van der Waals surface area (Å²) in [5.74, 6) is -1.44. The van der Waals surface area contributed by atoms with Crippen LogP contribution in [0.1, 0.15) is 37.3 Å². The lowest BCUT2D eigenvalue weighted by Gasteiger charge is -2.22. The third-order valence-corrected chi connectivity index (χ3v) is 5.04. The first-order valence-corrected chi connectivity index (χ1v) is 9.11. The van der Waals surface area contributed by atoms with Crippen LogP contribution < -0.4 is 5.32 Å². The van der Waals surface area contributed by atoms with E-state index in [0.29, 0.717) is 17.6 Å². The van der Waals surface area contributed by atoms with Crippen LogP contribution in [0, 0.1) is 5.82 Å². The lowest BCUT2D eigenvalue weighted by Crippen LogP contribution is -2.43. The van der Waals surface area contributed by atoms with Crippen LogP contribution in [0.15, 0.2) is 22.7 Å². The molecule has 2 fully saturated rings. The van der Waals surface area contributed by atoms with Gasteiger partial charge in [0.15, 0.2) is 0 Å². The number of likely N-dealkylation sites (tertiary alicyclic amines) is 1. The van der Waals surface area contributed by atoms with Gasteiger partial charge in [0.05, 0.1) is 0 Å². The molecule has 4 amide bonds. The summed E-state index contributed by atoms with van der Waals surface area (Å²) in [7, 11) is 0. The number of nitrogens with one attached hydrogen (secondary N) is 1. The van der Waals surface area contributed by atoms with E-state index < -0.39 is 23.8 Å². The Labute approximate surface area is 153 Å². The highest BCUT2D eigenvalue weighted by Crippen LogP contribution is 2.27. The van der Waals surface area contributed by atoms with Crippen LogP contribution in [-0.2, 0) is 9.59 Å². The van der Waals surface area contributed by atoms with E-state index in [9.17, 15) is 18.8 Å². The Morgan fingerprint density at radius 2 is 1.88 bits per heavy atom. The molecule has 6 nitrogen and oxygen atoms in total. The van der Waals surface area contributed by atoms with Crippen molar-refractivity contribution >= 4 is 33.8 Å². The molecule has 1 aromatic carbocycles. The number of rotatable bonds is 3. The predicted octanol–water partition coefficient (Wildman–Crippen LogP) is 2.58. The number of hydrogen-bond acceptors (Lipinski definition) is 3. The van der Waals surface area contributed by atoms with E-state index in [0.717, 1.165) is 30.6 Å².